The highest BCUT2D eigenvalue weighted by Gasteiger charge is 2.05. The van der Waals surface area contributed by atoms with E-state index in [-0.39, 0.29) is 5.97 Å². The molecule has 3 heteroatoms. The van der Waals surface area contributed by atoms with Gasteiger partial charge in [0.05, 0.1) is 12.2 Å². The molecule has 0 spiro atoms. The van der Waals surface area contributed by atoms with Gasteiger partial charge in [0.1, 0.15) is 0 Å². The molecule has 1 rings (SSSR count). The summed E-state index contributed by atoms with van der Waals surface area (Å²) in [7, 11) is 0. The van der Waals surface area contributed by atoms with Gasteiger partial charge in [0, 0.05) is 3.57 Å². The molecule has 16 heavy (non-hydrogen) atoms. The van der Waals surface area contributed by atoms with Gasteiger partial charge in [-0.25, -0.2) is 4.79 Å². The molecule has 0 saturated heterocycles. The molecule has 0 N–H and O–H groups in total. The fourth-order valence-electron chi connectivity index (χ4n) is 1.36. The van der Waals surface area contributed by atoms with Gasteiger partial charge >= 0.3 is 5.97 Å². The number of halogens is 1. The molecular weight excluding hydrogens is 315 g/mol. The van der Waals surface area contributed by atoms with Gasteiger partial charge in [-0.2, -0.15) is 0 Å². The molecular formula is C13H17IO2. The van der Waals surface area contributed by atoms with Crippen LogP contribution in [0, 0.1) is 3.57 Å². The molecule has 0 heterocycles. The summed E-state index contributed by atoms with van der Waals surface area (Å²) in [5.74, 6) is -0.215. The van der Waals surface area contributed by atoms with Gasteiger partial charge in [-0.15, -0.1) is 0 Å². The normalized spacial score (nSPS) is 10.1. The molecule has 0 radical (unpaired) electrons. The van der Waals surface area contributed by atoms with Crippen LogP contribution in [0.3, 0.4) is 0 Å². The smallest absolute Gasteiger partial charge is 0.338 e. The minimum Gasteiger partial charge on any atom is -0.462 e. The molecule has 1 aromatic rings. The zero-order chi connectivity index (χ0) is 11.8. The number of ether oxygens (including phenoxy) is 1. The summed E-state index contributed by atoms with van der Waals surface area (Å²) in [5.41, 5.74) is 0.635. The van der Waals surface area contributed by atoms with Crippen LogP contribution in [-0.2, 0) is 4.74 Å². The number of esters is 1. The maximum absolute atomic E-state index is 11.6. The molecule has 0 aliphatic rings. The standard InChI is InChI=1S/C13H17IO2/c1-2-3-4-5-10-16-13(15)11-6-8-12(14)9-7-11/h6-9H,2-5,10H2,1H3. The maximum Gasteiger partial charge on any atom is 0.338 e. The van der Waals surface area contributed by atoms with Crippen LogP contribution in [-0.4, -0.2) is 12.6 Å². The summed E-state index contributed by atoms with van der Waals surface area (Å²) in [4.78, 5) is 11.6. The van der Waals surface area contributed by atoms with Crippen LogP contribution in [0.15, 0.2) is 24.3 Å². The predicted molar refractivity (Wildman–Crippen MR) is 73.6 cm³/mol. The molecule has 88 valence electrons. The van der Waals surface area contributed by atoms with Crippen molar-refractivity contribution in [3.8, 4) is 0 Å². The largest absolute Gasteiger partial charge is 0.462 e. The Hall–Kier alpha value is -0.580. The molecule has 0 bridgehead atoms. The van der Waals surface area contributed by atoms with Gasteiger partial charge in [-0.05, 0) is 53.3 Å². The van der Waals surface area contributed by atoms with Crippen LogP contribution in [0.25, 0.3) is 0 Å². The number of rotatable bonds is 6. The first-order chi connectivity index (χ1) is 7.74. The zero-order valence-corrected chi connectivity index (χ0v) is 11.7. The van der Waals surface area contributed by atoms with Crippen molar-refractivity contribution in [1.29, 1.82) is 0 Å². The van der Waals surface area contributed by atoms with Gasteiger partial charge < -0.3 is 4.74 Å². The van der Waals surface area contributed by atoms with Crippen LogP contribution < -0.4 is 0 Å². The van der Waals surface area contributed by atoms with Crippen molar-refractivity contribution in [2.75, 3.05) is 6.61 Å². The molecule has 0 aliphatic heterocycles. The van der Waals surface area contributed by atoms with E-state index in [2.05, 4.69) is 29.5 Å². The van der Waals surface area contributed by atoms with E-state index in [0.29, 0.717) is 12.2 Å². The Labute approximate surface area is 111 Å². The minimum absolute atomic E-state index is 0.215. The minimum atomic E-state index is -0.215. The molecule has 0 aliphatic carbocycles. The molecule has 0 aromatic heterocycles. The van der Waals surface area contributed by atoms with Gasteiger partial charge in [-0.1, -0.05) is 26.2 Å². The van der Waals surface area contributed by atoms with Gasteiger partial charge in [0.15, 0.2) is 0 Å². The summed E-state index contributed by atoms with van der Waals surface area (Å²) in [5, 5.41) is 0. The lowest BCUT2D eigenvalue weighted by Gasteiger charge is -2.04. The van der Waals surface area contributed by atoms with Crippen LogP contribution in [0.4, 0.5) is 0 Å². The molecule has 0 fully saturated rings. The van der Waals surface area contributed by atoms with Crippen molar-refractivity contribution in [2.45, 2.75) is 32.6 Å². The highest BCUT2D eigenvalue weighted by atomic mass is 127. The summed E-state index contributed by atoms with van der Waals surface area (Å²) < 4.78 is 6.30. The number of hydrogen-bond donors (Lipinski definition) is 0. The molecule has 0 amide bonds. The van der Waals surface area contributed by atoms with Crippen LogP contribution in [0.5, 0.6) is 0 Å². The fourth-order valence-corrected chi connectivity index (χ4v) is 1.72. The fraction of sp³-hybridized carbons (Fsp3) is 0.462. The quantitative estimate of drug-likeness (QED) is 0.447. The zero-order valence-electron chi connectivity index (χ0n) is 9.54. The first-order valence-corrected chi connectivity index (χ1v) is 6.74. The van der Waals surface area contributed by atoms with E-state index in [0.717, 1.165) is 16.4 Å². The van der Waals surface area contributed by atoms with Crippen LogP contribution in [0.2, 0.25) is 0 Å². The van der Waals surface area contributed by atoms with E-state index >= 15 is 0 Å². The average molecular weight is 332 g/mol. The lowest BCUT2D eigenvalue weighted by molar-refractivity contribution is 0.0498. The van der Waals surface area contributed by atoms with Gasteiger partial charge in [0.25, 0.3) is 0 Å². The third kappa shape index (κ3) is 4.96. The Bertz CT molecular complexity index is 319. The van der Waals surface area contributed by atoms with E-state index < -0.39 is 0 Å². The predicted octanol–water partition coefficient (Wildman–Crippen LogP) is 4.03. The Balaban J connectivity index is 2.27. The third-order valence-corrected chi connectivity index (χ3v) is 3.03. The monoisotopic (exact) mass is 332 g/mol. The van der Waals surface area contributed by atoms with E-state index in [1.165, 1.54) is 12.8 Å². The highest BCUT2D eigenvalue weighted by molar-refractivity contribution is 14.1. The Kier molecular flexibility index (Phi) is 6.45. The van der Waals surface area contributed by atoms with Crippen molar-refractivity contribution in [3.63, 3.8) is 0 Å². The number of hydrogen-bond acceptors (Lipinski definition) is 2. The molecule has 0 atom stereocenters. The Morgan fingerprint density at radius 2 is 1.88 bits per heavy atom. The average Bonchev–Trinajstić information content (AvgIpc) is 2.29. The second-order valence-corrected chi connectivity index (χ2v) is 4.95. The number of carbonyl (C=O) groups excluding carboxylic acids is 1. The Morgan fingerprint density at radius 3 is 2.50 bits per heavy atom. The summed E-state index contributed by atoms with van der Waals surface area (Å²) >= 11 is 2.21. The lowest BCUT2D eigenvalue weighted by Crippen LogP contribution is -2.06. The molecule has 1 aromatic carbocycles. The van der Waals surface area contributed by atoms with Gasteiger partial charge in [-0.3, -0.25) is 0 Å². The van der Waals surface area contributed by atoms with Crippen LogP contribution >= 0.6 is 22.6 Å². The first-order valence-electron chi connectivity index (χ1n) is 5.66. The second kappa shape index (κ2) is 7.65. The lowest BCUT2D eigenvalue weighted by atomic mass is 10.2. The van der Waals surface area contributed by atoms with Gasteiger partial charge in [0.2, 0.25) is 0 Å². The molecule has 2 nitrogen and oxygen atoms in total. The summed E-state index contributed by atoms with van der Waals surface area (Å²) in [6, 6.07) is 7.43. The number of carbonyl (C=O) groups is 1. The first kappa shape index (κ1) is 13.5. The van der Waals surface area contributed by atoms with Crippen molar-refractivity contribution in [1.82, 2.24) is 0 Å². The third-order valence-electron chi connectivity index (χ3n) is 2.31. The van der Waals surface area contributed by atoms with E-state index in [1.807, 2.05) is 12.1 Å². The van der Waals surface area contributed by atoms with E-state index in [9.17, 15) is 4.79 Å². The van der Waals surface area contributed by atoms with Crippen LogP contribution in [0.1, 0.15) is 43.0 Å². The SMILES string of the molecule is CCCCCCOC(=O)c1ccc(I)cc1. The molecule has 0 unspecified atom stereocenters. The van der Waals surface area contributed by atoms with Crippen molar-refractivity contribution in [2.24, 2.45) is 0 Å². The van der Waals surface area contributed by atoms with E-state index in [1.54, 1.807) is 12.1 Å². The van der Waals surface area contributed by atoms with E-state index in [4.69, 9.17) is 4.74 Å². The molecule has 0 saturated carbocycles. The number of benzene rings is 1. The van der Waals surface area contributed by atoms with Crippen molar-refractivity contribution >= 4 is 28.6 Å². The van der Waals surface area contributed by atoms with Crippen molar-refractivity contribution in [3.05, 3.63) is 33.4 Å². The number of unbranched alkanes of at least 4 members (excludes halogenated alkanes) is 3. The summed E-state index contributed by atoms with van der Waals surface area (Å²) in [6.07, 6.45) is 4.51. The topological polar surface area (TPSA) is 26.3 Å². The second-order valence-electron chi connectivity index (χ2n) is 3.70. The van der Waals surface area contributed by atoms with Crippen molar-refractivity contribution < 1.29 is 9.53 Å². The summed E-state index contributed by atoms with van der Waals surface area (Å²) in [6.45, 7) is 2.70. The Morgan fingerprint density at radius 1 is 1.19 bits per heavy atom. The maximum atomic E-state index is 11.6. The highest BCUT2D eigenvalue weighted by Crippen LogP contribution is 2.08.